The third-order valence-corrected chi connectivity index (χ3v) is 5.18. The molecule has 1 aromatic rings. The minimum Gasteiger partial charge on any atom is -0.336 e. The van der Waals surface area contributed by atoms with Gasteiger partial charge in [-0.15, -0.1) is 0 Å². The van der Waals surface area contributed by atoms with E-state index in [0.717, 1.165) is 12.8 Å². The van der Waals surface area contributed by atoms with Gasteiger partial charge in [-0.1, -0.05) is 22.9 Å². The second kappa shape index (κ2) is 6.06. The fourth-order valence-corrected chi connectivity index (χ4v) is 3.82. The summed E-state index contributed by atoms with van der Waals surface area (Å²) in [4.78, 5) is 14.4. The van der Waals surface area contributed by atoms with Gasteiger partial charge in [0, 0.05) is 22.6 Å². The molecule has 2 atom stereocenters. The van der Waals surface area contributed by atoms with Crippen LogP contribution in [0.15, 0.2) is 27.6 Å². The van der Waals surface area contributed by atoms with Gasteiger partial charge >= 0.3 is 0 Å². The predicted molar refractivity (Wildman–Crippen MR) is 84.4 cm³/mol. The number of carbonyl (C=O) groups is 1. The van der Waals surface area contributed by atoms with Crippen LogP contribution in [0.2, 0.25) is 0 Å². The standard InChI is InChI=1S/C14H19BrN2O3S/c1-9-3-4-10(2)17(8-9)14(18)11-5-12(15)7-13(6-11)21(16,19)20/h5-7,9-10H,3-4,8H2,1-2H3,(H2,16,19,20). The highest BCUT2D eigenvalue weighted by Gasteiger charge is 2.28. The molecule has 21 heavy (non-hydrogen) atoms. The predicted octanol–water partition coefficient (Wildman–Crippen LogP) is 2.36. The van der Waals surface area contributed by atoms with E-state index in [1.54, 1.807) is 6.07 Å². The van der Waals surface area contributed by atoms with E-state index in [1.807, 2.05) is 11.8 Å². The number of amides is 1. The lowest BCUT2D eigenvalue weighted by molar-refractivity contribution is 0.0573. The van der Waals surface area contributed by atoms with Crippen molar-refractivity contribution in [3.05, 3.63) is 28.2 Å². The smallest absolute Gasteiger partial charge is 0.254 e. The Kier molecular flexibility index (Phi) is 4.75. The van der Waals surface area contributed by atoms with Crippen LogP contribution < -0.4 is 5.14 Å². The molecule has 0 aromatic heterocycles. The van der Waals surface area contributed by atoms with Crippen molar-refractivity contribution in [2.45, 2.75) is 37.6 Å². The van der Waals surface area contributed by atoms with Gasteiger partial charge < -0.3 is 4.90 Å². The number of nitrogens with zero attached hydrogens (tertiary/aromatic N) is 1. The van der Waals surface area contributed by atoms with Crippen LogP contribution in [0.3, 0.4) is 0 Å². The fourth-order valence-electron chi connectivity index (χ4n) is 2.59. The van der Waals surface area contributed by atoms with E-state index >= 15 is 0 Å². The molecule has 7 heteroatoms. The molecule has 1 aliphatic rings. The van der Waals surface area contributed by atoms with Crippen molar-refractivity contribution in [2.75, 3.05) is 6.54 Å². The van der Waals surface area contributed by atoms with Crippen LogP contribution in [-0.2, 0) is 10.0 Å². The second-order valence-corrected chi connectivity index (χ2v) is 8.19. The molecule has 1 heterocycles. The Morgan fingerprint density at radius 1 is 1.29 bits per heavy atom. The zero-order valence-corrected chi connectivity index (χ0v) is 14.4. The van der Waals surface area contributed by atoms with Crippen LogP contribution in [0.25, 0.3) is 0 Å². The van der Waals surface area contributed by atoms with E-state index in [9.17, 15) is 13.2 Å². The van der Waals surface area contributed by atoms with Gasteiger partial charge in [0.2, 0.25) is 10.0 Å². The maximum absolute atomic E-state index is 12.7. The molecule has 1 amide bonds. The van der Waals surface area contributed by atoms with E-state index in [4.69, 9.17) is 5.14 Å². The molecule has 5 nitrogen and oxygen atoms in total. The third kappa shape index (κ3) is 3.84. The highest BCUT2D eigenvalue weighted by atomic mass is 79.9. The summed E-state index contributed by atoms with van der Waals surface area (Å²) in [5.74, 6) is 0.301. The van der Waals surface area contributed by atoms with Crippen molar-refractivity contribution in [3.63, 3.8) is 0 Å². The summed E-state index contributed by atoms with van der Waals surface area (Å²) in [5.41, 5.74) is 0.342. The Labute approximate surface area is 133 Å². The number of halogens is 1. The Morgan fingerprint density at radius 2 is 1.95 bits per heavy atom. The van der Waals surface area contributed by atoms with Crippen LogP contribution in [0, 0.1) is 5.92 Å². The van der Waals surface area contributed by atoms with Crippen LogP contribution in [-0.4, -0.2) is 31.8 Å². The number of sulfonamides is 1. The maximum Gasteiger partial charge on any atom is 0.254 e. The maximum atomic E-state index is 12.7. The molecule has 0 bridgehead atoms. The monoisotopic (exact) mass is 374 g/mol. The van der Waals surface area contributed by atoms with Crippen molar-refractivity contribution in [2.24, 2.45) is 11.1 Å². The molecular weight excluding hydrogens is 356 g/mol. The summed E-state index contributed by atoms with van der Waals surface area (Å²) in [6.45, 7) is 4.82. The molecule has 0 aliphatic carbocycles. The second-order valence-electron chi connectivity index (χ2n) is 5.71. The molecular formula is C14H19BrN2O3S. The zero-order valence-electron chi connectivity index (χ0n) is 12.0. The van der Waals surface area contributed by atoms with Gasteiger partial charge in [-0.3, -0.25) is 4.79 Å². The number of nitrogens with two attached hydrogens (primary N) is 1. The molecule has 116 valence electrons. The highest BCUT2D eigenvalue weighted by Crippen LogP contribution is 2.25. The number of hydrogen-bond acceptors (Lipinski definition) is 3. The van der Waals surface area contributed by atoms with Crippen LogP contribution >= 0.6 is 15.9 Å². The van der Waals surface area contributed by atoms with Gasteiger partial charge in [0.1, 0.15) is 0 Å². The lowest BCUT2D eigenvalue weighted by atomic mass is 9.94. The van der Waals surface area contributed by atoms with Gasteiger partial charge in [0.15, 0.2) is 0 Å². The largest absolute Gasteiger partial charge is 0.336 e. The first-order valence-electron chi connectivity index (χ1n) is 6.83. The molecule has 0 radical (unpaired) electrons. The summed E-state index contributed by atoms with van der Waals surface area (Å²) in [6.07, 6.45) is 2.06. The zero-order chi connectivity index (χ0) is 15.8. The van der Waals surface area contributed by atoms with Gasteiger partial charge in [0.05, 0.1) is 4.90 Å². The molecule has 0 spiro atoms. The molecule has 1 aliphatic heterocycles. The van der Waals surface area contributed by atoms with Gasteiger partial charge in [-0.2, -0.15) is 0 Å². The van der Waals surface area contributed by atoms with Gasteiger partial charge in [0.25, 0.3) is 5.91 Å². The first-order valence-corrected chi connectivity index (χ1v) is 9.17. The molecule has 1 aromatic carbocycles. The summed E-state index contributed by atoms with van der Waals surface area (Å²) < 4.78 is 23.5. The van der Waals surface area contributed by atoms with Crippen LogP contribution in [0.1, 0.15) is 37.0 Å². The molecule has 2 unspecified atom stereocenters. The molecule has 0 saturated carbocycles. The van der Waals surface area contributed by atoms with Crippen molar-refractivity contribution in [1.29, 1.82) is 0 Å². The minimum atomic E-state index is -3.84. The van der Waals surface area contributed by atoms with E-state index in [-0.39, 0.29) is 16.8 Å². The number of likely N-dealkylation sites (tertiary alicyclic amines) is 1. The first kappa shape index (κ1) is 16.5. The van der Waals surface area contributed by atoms with Crippen LogP contribution in [0.5, 0.6) is 0 Å². The Hall–Kier alpha value is -0.920. The van der Waals surface area contributed by atoms with Gasteiger partial charge in [-0.05, 0) is 43.9 Å². The van der Waals surface area contributed by atoms with Crippen molar-refractivity contribution < 1.29 is 13.2 Å². The number of benzene rings is 1. The number of piperidine rings is 1. The SMILES string of the molecule is CC1CCC(C)N(C(=O)c2cc(Br)cc(S(N)(=O)=O)c2)C1. The molecule has 1 saturated heterocycles. The van der Waals surface area contributed by atoms with Crippen molar-refractivity contribution >= 4 is 31.9 Å². The average Bonchev–Trinajstić information content (AvgIpc) is 2.39. The lowest BCUT2D eigenvalue weighted by Crippen LogP contribution is -2.45. The Bertz CT molecular complexity index is 660. The quantitative estimate of drug-likeness (QED) is 0.862. The summed E-state index contributed by atoms with van der Waals surface area (Å²) in [7, 11) is -3.84. The summed E-state index contributed by atoms with van der Waals surface area (Å²) >= 11 is 3.23. The number of primary sulfonamides is 1. The average molecular weight is 375 g/mol. The number of hydrogen-bond donors (Lipinski definition) is 1. The van der Waals surface area contributed by atoms with Gasteiger partial charge in [-0.25, -0.2) is 13.6 Å². The van der Waals surface area contributed by atoms with E-state index < -0.39 is 10.0 Å². The number of carbonyl (C=O) groups excluding carboxylic acids is 1. The normalized spacial score (nSPS) is 23.1. The van der Waals surface area contributed by atoms with Crippen LogP contribution in [0.4, 0.5) is 0 Å². The topological polar surface area (TPSA) is 80.5 Å². The third-order valence-electron chi connectivity index (χ3n) is 3.83. The van der Waals surface area contributed by atoms with Crippen molar-refractivity contribution in [3.8, 4) is 0 Å². The molecule has 2 N–H and O–H groups in total. The number of rotatable bonds is 2. The lowest BCUT2D eigenvalue weighted by Gasteiger charge is -2.37. The Balaban J connectivity index is 2.37. The van der Waals surface area contributed by atoms with E-state index in [0.29, 0.717) is 22.5 Å². The van der Waals surface area contributed by atoms with Crippen molar-refractivity contribution in [1.82, 2.24) is 4.90 Å². The Morgan fingerprint density at radius 3 is 2.57 bits per heavy atom. The highest BCUT2D eigenvalue weighted by molar-refractivity contribution is 9.10. The summed E-state index contributed by atoms with van der Waals surface area (Å²) in [6, 6.07) is 4.52. The summed E-state index contributed by atoms with van der Waals surface area (Å²) in [5, 5.41) is 5.15. The van der Waals surface area contributed by atoms with E-state index in [1.165, 1.54) is 12.1 Å². The first-order chi connectivity index (χ1) is 9.68. The van der Waals surface area contributed by atoms with E-state index in [2.05, 4.69) is 22.9 Å². The fraction of sp³-hybridized carbons (Fsp3) is 0.500. The minimum absolute atomic E-state index is 0.0575. The molecule has 2 rings (SSSR count). The molecule has 1 fully saturated rings.